The standard InChI is InChI=1S/C18H23FN2O3/c1-18(2,3)24-17(23)21-10-8-12(9-11-21)15-13(16(22)20-4)6-5-7-14(15)19/h5-8H,9-11H2,1-4H3,(H,20,22). The normalized spacial score (nSPS) is 14.9. The van der Waals surface area contributed by atoms with Gasteiger partial charge in [-0.15, -0.1) is 0 Å². The molecule has 1 N–H and O–H groups in total. The molecule has 0 spiro atoms. The zero-order valence-electron chi connectivity index (χ0n) is 14.5. The summed E-state index contributed by atoms with van der Waals surface area (Å²) in [5, 5.41) is 2.52. The number of nitrogens with one attached hydrogen (secondary N) is 1. The van der Waals surface area contributed by atoms with Crippen LogP contribution in [0.4, 0.5) is 9.18 Å². The molecule has 0 atom stereocenters. The van der Waals surface area contributed by atoms with E-state index >= 15 is 0 Å². The Balaban J connectivity index is 2.22. The van der Waals surface area contributed by atoms with Crippen LogP contribution in [0.15, 0.2) is 24.3 Å². The molecule has 0 bridgehead atoms. The first-order valence-electron chi connectivity index (χ1n) is 7.91. The molecule has 1 aliphatic rings. The van der Waals surface area contributed by atoms with Crippen LogP contribution < -0.4 is 5.32 Å². The van der Waals surface area contributed by atoms with E-state index in [2.05, 4.69) is 5.32 Å². The lowest BCUT2D eigenvalue weighted by molar-refractivity contribution is 0.0270. The number of carbonyl (C=O) groups excluding carboxylic acids is 2. The molecule has 2 rings (SSSR count). The lowest BCUT2D eigenvalue weighted by Gasteiger charge is -2.30. The quantitative estimate of drug-likeness (QED) is 0.903. The van der Waals surface area contributed by atoms with Gasteiger partial charge in [0, 0.05) is 31.3 Å². The maximum atomic E-state index is 14.3. The molecule has 24 heavy (non-hydrogen) atoms. The van der Waals surface area contributed by atoms with E-state index in [4.69, 9.17) is 4.74 Å². The van der Waals surface area contributed by atoms with Crippen LogP contribution in [0.25, 0.3) is 5.57 Å². The number of ether oxygens (including phenoxy) is 1. The van der Waals surface area contributed by atoms with Crippen LogP contribution in [0, 0.1) is 5.82 Å². The van der Waals surface area contributed by atoms with Crippen molar-refractivity contribution in [2.45, 2.75) is 32.8 Å². The van der Waals surface area contributed by atoms with Crippen LogP contribution in [0.3, 0.4) is 0 Å². The Morgan fingerprint density at radius 3 is 2.54 bits per heavy atom. The van der Waals surface area contributed by atoms with Crippen LogP contribution in [0.2, 0.25) is 0 Å². The van der Waals surface area contributed by atoms with Crippen LogP contribution >= 0.6 is 0 Å². The van der Waals surface area contributed by atoms with Gasteiger partial charge < -0.3 is 15.0 Å². The van der Waals surface area contributed by atoms with Gasteiger partial charge in [0.25, 0.3) is 5.91 Å². The van der Waals surface area contributed by atoms with Gasteiger partial charge in [-0.25, -0.2) is 9.18 Å². The van der Waals surface area contributed by atoms with Crippen LogP contribution in [0.5, 0.6) is 0 Å². The fraction of sp³-hybridized carbons (Fsp3) is 0.444. The van der Waals surface area contributed by atoms with Crippen molar-refractivity contribution in [1.29, 1.82) is 0 Å². The van der Waals surface area contributed by atoms with Crippen molar-refractivity contribution in [2.24, 2.45) is 0 Å². The minimum atomic E-state index is -0.557. The summed E-state index contributed by atoms with van der Waals surface area (Å²) in [5.41, 5.74) is 0.778. The molecule has 1 heterocycles. The smallest absolute Gasteiger partial charge is 0.410 e. The average molecular weight is 334 g/mol. The molecule has 6 heteroatoms. The predicted molar refractivity (Wildman–Crippen MR) is 90.2 cm³/mol. The van der Waals surface area contributed by atoms with Crippen molar-refractivity contribution in [3.05, 3.63) is 41.2 Å². The van der Waals surface area contributed by atoms with Crippen LogP contribution in [-0.2, 0) is 4.74 Å². The molecule has 5 nitrogen and oxygen atoms in total. The van der Waals surface area contributed by atoms with Gasteiger partial charge >= 0.3 is 6.09 Å². The van der Waals surface area contributed by atoms with E-state index in [1.165, 1.54) is 19.2 Å². The molecule has 0 aliphatic carbocycles. The van der Waals surface area contributed by atoms with Gasteiger partial charge in [0.1, 0.15) is 11.4 Å². The Morgan fingerprint density at radius 2 is 2.00 bits per heavy atom. The van der Waals surface area contributed by atoms with Gasteiger partial charge in [-0.1, -0.05) is 12.1 Å². The molecule has 0 saturated heterocycles. The van der Waals surface area contributed by atoms with E-state index in [0.717, 1.165) is 5.57 Å². The first-order chi connectivity index (χ1) is 11.2. The second kappa shape index (κ2) is 7.03. The molecule has 0 unspecified atom stereocenters. The summed E-state index contributed by atoms with van der Waals surface area (Å²) in [6, 6.07) is 4.45. The number of halogens is 1. The molecule has 0 saturated carbocycles. The van der Waals surface area contributed by atoms with Gasteiger partial charge in [0.15, 0.2) is 0 Å². The van der Waals surface area contributed by atoms with Crippen molar-refractivity contribution in [3.8, 4) is 0 Å². The fourth-order valence-corrected chi connectivity index (χ4v) is 2.56. The van der Waals surface area contributed by atoms with Gasteiger partial charge in [0.2, 0.25) is 0 Å². The maximum Gasteiger partial charge on any atom is 0.410 e. The molecule has 0 radical (unpaired) electrons. The third kappa shape index (κ3) is 4.13. The summed E-state index contributed by atoms with van der Waals surface area (Å²) in [7, 11) is 1.51. The summed E-state index contributed by atoms with van der Waals surface area (Å²) in [6.07, 6.45) is 1.85. The minimum Gasteiger partial charge on any atom is -0.444 e. The lowest BCUT2D eigenvalue weighted by atomic mass is 9.94. The van der Waals surface area contributed by atoms with Crippen LogP contribution in [0.1, 0.15) is 43.1 Å². The summed E-state index contributed by atoms with van der Waals surface area (Å²) in [4.78, 5) is 25.6. The monoisotopic (exact) mass is 334 g/mol. The Labute approximate surface area is 141 Å². The number of nitrogens with zero attached hydrogens (tertiary/aromatic N) is 1. The summed E-state index contributed by atoms with van der Waals surface area (Å²) < 4.78 is 19.6. The highest BCUT2D eigenvalue weighted by atomic mass is 19.1. The topological polar surface area (TPSA) is 58.6 Å². The highest BCUT2D eigenvalue weighted by Gasteiger charge is 2.26. The molecule has 130 valence electrons. The van der Waals surface area contributed by atoms with Gasteiger partial charge in [-0.05, 0) is 44.9 Å². The van der Waals surface area contributed by atoms with E-state index in [-0.39, 0.29) is 5.91 Å². The van der Waals surface area contributed by atoms with Crippen molar-refractivity contribution in [2.75, 3.05) is 20.1 Å². The molecule has 1 aromatic rings. The van der Waals surface area contributed by atoms with E-state index < -0.39 is 17.5 Å². The minimum absolute atomic E-state index is 0.300. The zero-order chi connectivity index (χ0) is 17.9. The summed E-state index contributed by atoms with van der Waals surface area (Å²) >= 11 is 0. The average Bonchev–Trinajstić information content (AvgIpc) is 2.52. The first kappa shape index (κ1) is 18.0. The Hall–Kier alpha value is -2.37. The molecule has 0 aromatic heterocycles. The Bertz CT molecular complexity index is 677. The highest BCUT2D eigenvalue weighted by molar-refractivity contribution is 5.99. The number of hydrogen-bond acceptors (Lipinski definition) is 3. The second-order valence-corrected chi connectivity index (χ2v) is 6.65. The maximum absolute atomic E-state index is 14.3. The van der Waals surface area contributed by atoms with Crippen LogP contribution in [-0.4, -0.2) is 42.6 Å². The van der Waals surface area contributed by atoms with E-state index in [9.17, 15) is 14.0 Å². The number of rotatable bonds is 2. The molecule has 1 aliphatic heterocycles. The molecular formula is C18H23FN2O3. The second-order valence-electron chi connectivity index (χ2n) is 6.65. The summed E-state index contributed by atoms with van der Waals surface area (Å²) in [5.74, 6) is -0.770. The van der Waals surface area contributed by atoms with E-state index in [1.54, 1.807) is 17.0 Å². The summed E-state index contributed by atoms with van der Waals surface area (Å²) in [6.45, 7) is 6.18. The van der Waals surface area contributed by atoms with Gasteiger partial charge in [-0.3, -0.25) is 4.79 Å². The number of hydrogen-bond donors (Lipinski definition) is 1. The van der Waals surface area contributed by atoms with Crippen molar-refractivity contribution >= 4 is 17.6 Å². The van der Waals surface area contributed by atoms with Crippen molar-refractivity contribution in [1.82, 2.24) is 10.2 Å². The molecule has 0 fully saturated rings. The zero-order valence-corrected chi connectivity index (χ0v) is 14.5. The largest absolute Gasteiger partial charge is 0.444 e. The fourth-order valence-electron chi connectivity index (χ4n) is 2.56. The number of carbonyl (C=O) groups is 2. The predicted octanol–water partition coefficient (Wildman–Crippen LogP) is 3.21. The van der Waals surface area contributed by atoms with E-state index in [0.29, 0.717) is 30.6 Å². The highest BCUT2D eigenvalue weighted by Crippen LogP contribution is 2.28. The SMILES string of the molecule is CNC(=O)c1cccc(F)c1C1=CCN(C(=O)OC(C)(C)C)CC1. The van der Waals surface area contributed by atoms with Crippen molar-refractivity contribution < 1.29 is 18.7 Å². The Kier molecular flexibility index (Phi) is 5.26. The Morgan fingerprint density at radius 1 is 1.29 bits per heavy atom. The molecule has 1 aromatic carbocycles. The first-order valence-corrected chi connectivity index (χ1v) is 7.91. The van der Waals surface area contributed by atoms with Gasteiger partial charge in [0.05, 0.1) is 0 Å². The number of amides is 2. The molecular weight excluding hydrogens is 311 g/mol. The third-order valence-corrected chi connectivity index (χ3v) is 3.67. The lowest BCUT2D eigenvalue weighted by Crippen LogP contribution is -2.39. The van der Waals surface area contributed by atoms with Gasteiger partial charge in [-0.2, -0.15) is 0 Å². The number of benzene rings is 1. The third-order valence-electron chi connectivity index (χ3n) is 3.67. The van der Waals surface area contributed by atoms with Crippen molar-refractivity contribution in [3.63, 3.8) is 0 Å². The van der Waals surface area contributed by atoms with E-state index in [1.807, 2.05) is 20.8 Å². The molecule has 2 amide bonds.